The van der Waals surface area contributed by atoms with Crippen molar-refractivity contribution in [3.63, 3.8) is 0 Å². The first-order valence-electron chi connectivity index (χ1n) is 8.95. The van der Waals surface area contributed by atoms with Crippen LogP contribution in [0.25, 0.3) is 0 Å². The van der Waals surface area contributed by atoms with Gasteiger partial charge in [-0.05, 0) is 44.5 Å². The lowest BCUT2D eigenvalue weighted by Crippen LogP contribution is -2.42. The Balaban J connectivity index is 1.56. The Morgan fingerprint density at radius 3 is 2.69 bits per heavy atom. The minimum Gasteiger partial charge on any atom is -0.489 e. The predicted octanol–water partition coefficient (Wildman–Crippen LogP) is 3.13. The van der Waals surface area contributed by atoms with Crippen molar-refractivity contribution in [2.75, 3.05) is 26.7 Å². The van der Waals surface area contributed by atoms with Crippen LogP contribution in [-0.2, 0) is 11.3 Å². The smallest absolute Gasteiger partial charge is 0.191 e. The summed E-state index contributed by atoms with van der Waals surface area (Å²) in [5.74, 6) is 2.48. The highest BCUT2D eigenvalue weighted by molar-refractivity contribution is 5.79. The summed E-state index contributed by atoms with van der Waals surface area (Å²) in [5, 5.41) is 6.54. The molecule has 1 aromatic heterocycles. The Hall–Kier alpha value is -2.47. The fourth-order valence-electron chi connectivity index (χ4n) is 2.30. The van der Waals surface area contributed by atoms with Crippen LogP contribution in [-0.4, -0.2) is 38.8 Å². The summed E-state index contributed by atoms with van der Waals surface area (Å²) in [7, 11) is 1.76. The molecule has 1 aromatic carbocycles. The van der Waals surface area contributed by atoms with Gasteiger partial charge in [-0.1, -0.05) is 17.7 Å². The number of furan rings is 1. The van der Waals surface area contributed by atoms with Crippen LogP contribution in [0.1, 0.15) is 24.7 Å². The van der Waals surface area contributed by atoms with Crippen molar-refractivity contribution in [3.05, 3.63) is 54.0 Å². The number of aliphatic imine (C=N–C) groups is 1. The summed E-state index contributed by atoms with van der Waals surface area (Å²) in [6.07, 6.45) is 2.57. The van der Waals surface area contributed by atoms with Gasteiger partial charge in [0.1, 0.15) is 24.2 Å². The van der Waals surface area contributed by atoms with E-state index >= 15 is 0 Å². The Bertz CT molecular complexity index is 639. The van der Waals surface area contributed by atoms with E-state index in [1.54, 1.807) is 13.3 Å². The third-order valence-corrected chi connectivity index (χ3v) is 3.72. The van der Waals surface area contributed by atoms with Crippen LogP contribution in [0.5, 0.6) is 5.75 Å². The maximum Gasteiger partial charge on any atom is 0.191 e. The SMILES string of the molecule is CN=C(NCCCOCc1ccco1)NCC(C)Oc1ccc(C)cc1. The molecular formula is C20H29N3O3. The summed E-state index contributed by atoms with van der Waals surface area (Å²) in [6, 6.07) is 11.8. The summed E-state index contributed by atoms with van der Waals surface area (Å²) in [6.45, 7) is 6.72. The molecule has 2 N–H and O–H groups in total. The normalized spacial score (nSPS) is 12.7. The molecule has 0 saturated heterocycles. The van der Waals surface area contributed by atoms with E-state index in [1.807, 2.05) is 43.3 Å². The maximum atomic E-state index is 5.88. The molecule has 0 aliphatic rings. The van der Waals surface area contributed by atoms with Gasteiger partial charge in [0.05, 0.1) is 12.8 Å². The van der Waals surface area contributed by atoms with E-state index in [4.69, 9.17) is 13.9 Å². The van der Waals surface area contributed by atoms with Crippen LogP contribution < -0.4 is 15.4 Å². The topological polar surface area (TPSA) is 68.0 Å². The molecule has 1 atom stereocenters. The molecule has 0 aliphatic heterocycles. The Morgan fingerprint density at radius 1 is 1.19 bits per heavy atom. The zero-order valence-electron chi connectivity index (χ0n) is 15.8. The minimum absolute atomic E-state index is 0.0351. The second-order valence-electron chi connectivity index (χ2n) is 6.11. The molecule has 142 valence electrons. The molecule has 0 saturated carbocycles. The summed E-state index contributed by atoms with van der Waals surface area (Å²) in [4.78, 5) is 4.22. The number of benzene rings is 1. The first kappa shape index (κ1) is 19.8. The maximum absolute atomic E-state index is 5.88. The van der Waals surface area contributed by atoms with Gasteiger partial charge in [-0.15, -0.1) is 0 Å². The molecule has 2 rings (SSSR count). The van der Waals surface area contributed by atoms with Gasteiger partial charge in [0.2, 0.25) is 0 Å². The van der Waals surface area contributed by atoms with Gasteiger partial charge in [-0.3, -0.25) is 4.99 Å². The van der Waals surface area contributed by atoms with Crippen molar-refractivity contribution in [3.8, 4) is 5.75 Å². The van der Waals surface area contributed by atoms with E-state index in [1.165, 1.54) is 5.56 Å². The van der Waals surface area contributed by atoms with Crippen molar-refractivity contribution in [1.82, 2.24) is 10.6 Å². The molecule has 1 unspecified atom stereocenters. The molecule has 26 heavy (non-hydrogen) atoms. The van der Waals surface area contributed by atoms with E-state index in [9.17, 15) is 0 Å². The van der Waals surface area contributed by atoms with E-state index in [0.29, 0.717) is 19.8 Å². The van der Waals surface area contributed by atoms with Gasteiger partial charge in [-0.25, -0.2) is 0 Å². The highest BCUT2D eigenvalue weighted by Gasteiger charge is 2.05. The van der Waals surface area contributed by atoms with Crippen LogP contribution in [0.3, 0.4) is 0 Å². The fourth-order valence-corrected chi connectivity index (χ4v) is 2.30. The molecule has 6 nitrogen and oxygen atoms in total. The largest absolute Gasteiger partial charge is 0.489 e. The standard InChI is InChI=1S/C20H29N3O3/c1-16-7-9-18(10-8-16)26-17(2)14-23-20(21-3)22-11-5-12-24-15-19-6-4-13-25-19/h4,6-10,13,17H,5,11-12,14-15H2,1-3H3,(H2,21,22,23). The molecule has 0 aliphatic carbocycles. The second kappa shape index (κ2) is 11.2. The zero-order valence-corrected chi connectivity index (χ0v) is 15.8. The second-order valence-corrected chi connectivity index (χ2v) is 6.11. The van der Waals surface area contributed by atoms with Crippen LogP contribution in [0.15, 0.2) is 52.1 Å². The van der Waals surface area contributed by atoms with Gasteiger partial charge >= 0.3 is 0 Å². The van der Waals surface area contributed by atoms with Crippen molar-refractivity contribution in [1.29, 1.82) is 0 Å². The predicted molar refractivity (Wildman–Crippen MR) is 104 cm³/mol. The summed E-state index contributed by atoms with van der Waals surface area (Å²) < 4.78 is 16.7. The molecule has 0 fully saturated rings. The Labute approximate surface area is 155 Å². The lowest BCUT2D eigenvalue weighted by Gasteiger charge is -2.18. The summed E-state index contributed by atoms with van der Waals surface area (Å²) >= 11 is 0. The van der Waals surface area contributed by atoms with Crippen molar-refractivity contribution in [2.24, 2.45) is 4.99 Å². The van der Waals surface area contributed by atoms with Gasteiger partial charge in [-0.2, -0.15) is 0 Å². The number of hydrogen-bond donors (Lipinski definition) is 2. The van der Waals surface area contributed by atoms with E-state index in [0.717, 1.165) is 30.4 Å². The molecule has 0 amide bonds. The highest BCUT2D eigenvalue weighted by Crippen LogP contribution is 2.12. The van der Waals surface area contributed by atoms with Crippen LogP contribution in [0, 0.1) is 6.92 Å². The van der Waals surface area contributed by atoms with E-state index in [-0.39, 0.29) is 6.10 Å². The monoisotopic (exact) mass is 359 g/mol. The number of guanidine groups is 1. The third kappa shape index (κ3) is 7.61. The first-order chi connectivity index (χ1) is 12.7. The molecule has 2 aromatic rings. The molecule has 0 spiro atoms. The van der Waals surface area contributed by atoms with Gasteiger partial charge < -0.3 is 24.5 Å². The number of rotatable bonds is 10. The lowest BCUT2D eigenvalue weighted by molar-refractivity contribution is 0.105. The number of hydrogen-bond acceptors (Lipinski definition) is 4. The average Bonchev–Trinajstić information content (AvgIpc) is 3.16. The highest BCUT2D eigenvalue weighted by atomic mass is 16.5. The Morgan fingerprint density at radius 2 is 2.00 bits per heavy atom. The number of nitrogens with one attached hydrogen (secondary N) is 2. The zero-order chi connectivity index (χ0) is 18.6. The van der Waals surface area contributed by atoms with E-state index < -0.39 is 0 Å². The number of aryl methyl sites for hydroxylation is 1. The molecule has 0 bridgehead atoms. The minimum atomic E-state index is 0.0351. The fraction of sp³-hybridized carbons (Fsp3) is 0.450. The quantitative estimate of drug-likeness (QED) is 0.388. The summed E-state index contributed by atoms with van der Waals surface area (Å²) in [5.41, 5.74) is 1.22. The number of ether oxygens (including phenoxy) is 2. The van der Waals surface area contributed by atoms with Crippen LogP contribution in [0.2, 0.25) is 0 Å². The lowest BCUT2D eigenvalue weighted by atomic mass is 10.2. The van der Waals surface area contributed by atoms with Crippen LogP contribution in [0.4, 0.5) is 0 Å². The molecule has 6 heteroatoms. The average molecular weight is 359 g/mol. The van der Waals surface area contributed by atoms with Crippen LogP contribution >= 0.6 is 0 Å². The van der Waals surface area contributed by atoms with Crippen molar-refractivity contribution >= 4 is 5.96 Å². The molecule has 1 heterocycles. The third-order valence-electron chi connectivity index (χ3n) is 3.72. The number of nitrogens with zero attached hydrogens (tertiary/aromatic N) is 1. The van der Waals surface area contributed by atoms with Gasteiger partial charge in [0.25, 0.3) is 0 Å². The van der Waals surface area contributed by atoms with Gasteiger partial charge in [0, 0.05) is 20.2 Å². The van der Waals surface area contributed by atoms with Gasteiger partial charge in [0.15, 0.2) is 5.96 Å². The van der Waals surface area contributed by atoms with Crippen molar-refractivity contribution in [2.45, 2.75) is 33.0 Å². The molecule has 0 radical (unpaired) electrons. The first-order valence-corrected chi connectivity index (χ1v) is 8.95. The van der Waals surface area contributed by atoms with Crippen molar-refractivity contribution < 1.29 is 13.9 Å². The van der Waals surface area contributed by atoms with E-state index in [2.05, 4.69) is 22.5 Å². The molecular weight excluding hydrogens is 330 g/mol. The Kier molecular flexibility index (Phi) is 8.55.